The summed E-state index contributed by atoms with van der Waals surface area (Å²) in [5, 5.41) is 0. The van der Waals surface area contributed by atoms with E-state index in [-0.39, 0.29) is 6.61 Å². The second-order valence-corrected chi connectivity index (χ2v) is 7.89. The Labute approximate surface area is 201 Å². The van der Waals surface area contributed by atoms with E-state index >= 15 is 0 Å². The fourth-order valence-electron chi connectivity index (χ4n) is 3.43. The first-order valence-electron chi connectivity index (χ1n) is 10.6. The molecule has 3 aromatic rings. The number of esters is 3. The van der Waals surface area contributed by atoms with Crippen LogP contribution in [0.25, 0.3) is 0 Å². The lowest BCUT2D eigenvalue weighted by atomic mass is 10.1. The summed E-state index contributed by atoms with van der Waals surface area (Å²) < 4.78 is 22.3. The van der Waals surface area contributed by atoms with Crippen LogP contribution in [0.1, 0.15) is 31.1 Å². The van der Waals surface area contributed by atoms with Gasteiger partial charge < -0.3 is 18.9 Å². The summed E-state index contributed by atoms with van der Waals surface area (Å²) in [6.07, 6.45) is -3.18. The molecule has 174 valence electrons. The van der Waals surface area contributed by atoms with Gasteiger partial charge in [-0.15, -0.1) is 0 Å². The van der Waals surface area contributed by atoms with Crippen molar-refractivity contribution < 1.29 is 33.3 Å². The minimum absolute atomic E-state index is 0.261. The lowest BCUT2D eigenvalue weighted by Gasteiger charge is -2.23. The van der Waals surface area contributed by atoms with Crippen LogP contribution in [-0.2, 0) is 18.9 Å². The Hall–Kier alpha value is -3.68. The minimum Gasteiger partial charge on any atom is -0.459 e. The monoisotopic (exact) mass is 480 g/mol. The van der Waals surface area contributed by atoms with Gasteiger partial charge in [0, 0.05) is 0 Å². The van der Waals surface area contributed by atoms with Crippen molar-refractivity contribution in [1.29, 1.82) is 0 Å². The first-order valence-corrected chi connectivity index (χ1v) is 11.0. The summed E-state index contributed by atoms with van der Waals surface area (Å²) >= 11 is 6.33. The molecular weight excluding hydrogens is 460 g/mol. The maximum atomic E-state index is 12.7. The standard InChI is InChI=1S/C26H21ClO7/c27-23-22(34-26(30)19-14-8-3-9-15-19)21(33-25(29)18-12-6-2-7-13-18)20(32-23)16-31-24(28)17-10-4-1-5-11-17/h1-15,20-23H,16H2/t20-,21-,22-,23-/m1/s1. The normalized spacial score (nSPS) is 21.4. The summed E-state index contributed by atoms with van der Waals surface area (Å²) in [6.45, 7) is -0.261. The summed E-state index contributed by atoms with van der Waals surface area (Å²) in [4.78, 5) is 37.8. The maximum absolute atomic E-state index is 12.7. The number of alkyl halides is 1. The molecule has 0 saturated carbocycles. The SMILES string of the molecule is O=C(OC[C@H]1O[C@@H](Cl)[C@H](OC(=O)c2ccccc2)[C@@H]1OC(=O)c1ccccc1)c1ccccc1. The predicted molar refractivity (Wildman–Crippen MR) is 123 cm³/mol. The maximum Gasteiger partial charge on any atom is 0.338 e. The topological polar surface area (TPSA) is 88.1 Å². The van der Waals surface area contributed by atoms with Gasteiger partial charge in [0.25, 0.3) is 0 Å². The molecule has 1 fully saturated rings. The van der Waals surface area contributed by atoms with Gasteiger partial charge in [0.2, 0.25) is 0 Å². The van der Waals surface area contributed by atoms with E-state index < -0.39 is 41.8 Å². The van der Waals surface area contributed by atoms with E-state index in [1.54, 1.807) is 91.0 Å². The zero-order valence-electron chi connectivity index (χ0n) is 17.9. The number of carbonyl (C=O) groups excluding carboxylic acids is 3. The third-order valence-corrected chi connectivity index (χ3v) is 5.50. The van der Waals surface area contributed by atoms with E-state index in [0.29, 0.717) is 16.7 Å². The Morgan fingerprint density at radius 1 is 0.647 bits per heavy atom. The summed E-state index contributed by atoms with van der Waals surface area (Å²) in [7, 11) is 0. The average Bonchev–Trinajstić information content (AvgIpc) is 3.17. The summed E-state index contributed by atoms with van der Waals surface area (Å²) in [5.74, 6) is -1.88. The third-order valence-electron chi connectivity index (χ3n) is 5.15. The summed E-state index contributed by atoms with van der Waals surface area (Å²) in [6, 6.07) is 25.1. The van der Waals surface area contributed by atoms with E-state index in [0.717, 1.165) is 0 Å². The number of halogens is 1. The van der Waals surface area contributed by atoms with Crippen molar-refractivity contribution in [3.8, 4) is 0 Å². The number of ether oxygens (including phenoxy) is 4. The molecular formula is C26H21ClO7. The molecule has 0 spiro atoms. The Morgan fingerprint density at radius 2 is 1.06 bits per heavy atom. The van der Waals surface area contributed by atoms with Crippen molar-refractivity contribution in [3.05, 3.63) is 108 Å². The van der Waals surface area contributed by atoms with Crippen molar-refractivity contribution >= 4 is 29.5 Å². The van der Waals surface area contributed by atoms with Crippen LogP contribution in [0.5, 0.6) is 0 Å². The van der Waals surface area contributed by atoms with Crippen LogP contribution in [0.15, 0.2) is 91.0 Å². The molecule has 4 rings (SSSR count). The molecule has 1 heterocycles. The van der Waals surface area contributed by atoms with Crippen molar-refractivity contribution in [3.63, 3.8) is 0 Å². The highest BCUT2D eigenvalue weighted by molar-refractivity contribution is 6.20. The van der Waals surface area contributed by atoms with Crippen LogP contribution in [0.4, 0.5) is 0 Å². The molecule has 1 aliphatic rings. The average molecular weight is 481 g/mol. The quantitative estimate of drug-likeness (QED) is 0.283. The number of hydrogen-bond donors (Lipinski definition) is 0. The van der Waals surface area contributed by atoms with E-state index in [4.69, 9.17) is 30.5 Å². The van der Waals surface area contributed by atoms with Gasteiger partial charge in [-0.05, 0) is 36.4 Å². The van der Waals surface area contributed by atoms with Gasteiger partial charge in [-0.2, -0.15) is 0 Å². The predicted octanol–water partition coefficient (Wildman–Crippen LogP) is 4.26. The van der Waals surface area contributed by atoms with E-state index in [9.17, 15) is 14.4 Å². The number of hydrogen-bond acceptors (Lipinski definition) is 7. The zero-order valence-corrected chi connectivity index (χ0v) is 18.7. The molecule has 34 heavy (non-hydrogen) atoms. The Morgan fingerprint density at radius 3 is 1.53 bits per heavy atom. The Bertz CT molecular complexity index is 1120. The molecule has 1 aliphatic heterocycles. The van der Waals surface area contributed by atoms with Crippen LogP contribution in [0.2, 0.25) is 0 Å². The van der Waals surface area contributed by atoms with E-state index in [1.807, 2.05) is 0 Å². The second kappa shape index (κ2) is 11.0. The first kappa shape index (κ1) is 23.5. The van der Waals surface area contributed by atoms with Crippen LogP contribution in [0, 0.1) is 0 Å². The van der Waals surface area contributed by atoms with Crippen molar-refractivity contribution in [2.45, 2.75) is 23.9 Å². The van der Waals surface area contributed by atoms with Gasteiger partial charge in [-0.1, -0.05) is 66.2 Å². The van der Waals surface area contributed by atoms with Crippen LogP contribution >= 0.6 is 11.6 Å². The Balaban J connectivity index is 1.51. The molecule has 8 heteroatoms. The van der Waals surface area contributed by atoms with E-state index in [2.05, 4.69) is 0 Å². The molecule has 1 saturated heterocycles. The smallest absolute Gasteiger partial charge is 0.338 e. The molecule has 3 aromatic carbocycles. The number of rotatable bonds is 7. The number of carbonyl (C=O) groups is 3. The highest BCUT2D eigenvalue weighted by Gasteiger charge is 2.49. The molecule has 0 aliphatic carbocycles. The molecule has 0 bridgehead atoms. The van der Waals surface area contributed by atoms with Gasteiger partial charge >= 0.3 is 17.9 Å². The van der Waals surface area contributed by atoms with Crippen LogP contribution in [0.3, 0.4) is 0 Å². The molecule has 0 N–H and O–H groups in total. The molecule has 0 unspecified atom stereocenters. The molecule has 0 amide bonds. The van der Waals surface area contributed by atoms with Gasteiger partial charge in [0.05, 0.1) is 16.7 Å². The molecule has 4 atom stereocenters. The van der Waals surface area contributed by atoms with Crippen molar-refractivity contribution in [2.24, 2.45) is 0 Å². The third kappa shape index (κ3) is 5.62. The van der Waals surface area contributed by atoms with Gasteiger partial charge in [-0.25, -0.2) is 14.4 Å². The molecule has 0 aromatic heterocycles. The zero-order chi connectivity index (χ0) is 23.9. The fraction of sp³-hybridized carbons (Fsp3) is 0.192. The Kier molecular flexibility index (Phi) is 7.57. The van der Waals surface area contributed by atoms with Crippen molar-refractivity contribution in [1.82, 2.24) is 0 Å². The lowest BCUT2D eigenvalue weighted by molar-refractivity contribution is -0.0435. The van der Waals surface area contributed by atoms with Crippen molar-refractivity contribution in [2.75, 3.05) is 6.61 Å². The largest absolute Gasteiger partial charge is 0.459 e. The van der Waals surface area contributed by atoms with Gasteiger partial charge in [0.1, 0.15) is 12.7 Å². The first-order chi connectivity index (χ1) is 16.5. The van der Waals surface area contributed by atoms with Crippen LogP contribution in [-0.4, -0.2) is 48.4 Å². The van der Waals surface area contributed by atoms with Crippen LogP contribution < -0.4 is 0 Å². The second-order valence-electron chi connectivity index (χ2n) is 7.46. The minimum atomic E-state index is -1.12. The highest BCUT2D eigenvalue weighted by Crippen LogP contribution is 2.31. The lowest BCUT2D eigenvalue weighted by Crippen LogP contribution is -2.41. The highest BCUT2D eigenvalue weighted by atomic mass is 35.5. The summed E-state index contributed by atoms with van der Waals surface area (Å²) in [5.41, 5.74) is -0.165. The van der Waals surface area contributed by atoms with Gasteiger partial charge in [-0.3, -0.25) is 0 Å². The molecule has 7 nitrogen and oxygen atoms in total. The van der Waals surface area contributed by atoms with E-state index in [1.165, 1.54) is 0 Å². The van der Waals surface area contributed by atoms with Gasteiger partial charge in [0.15, 0.2) is 17.8 Å². The molecule has 0 radical (unpaired) electrons. The number of benzene rings is 3. The fourth-order valence-corrected chi connectivity index (χ4v) is 3.75.